The largest absolute Gasteiger partial charge is 0.350 e. The second kappa shape index (κ2) is 6.68. The Morgan fingerprint density at radius 2 is 1.68 bits per heavy atom. The summed E-state index contributed by atoms with van der Waals surface area (Å²) in [5, 5.41) is 5.36. The fraction of sp³-hybridized carbons (Fsp3) is 0.357. The lowest BCUT2D eigenvalue weighted by Gasteiger charge is -2.09. The van der Waals surface area contributed by atoms with Gasteiger partial charge in [-0.05, 0) is 45.0 Å². The van der Waals surface area contributed by atoms with Crippen molar-refractivity contribution in [3.63, 3.8) is 0 Å². The minimum absolute atomic E-state index is 0.0717. The van der Waals surface area contributed by atoms with E-state index in [1.165, 1.54) is 6.92 Å². The van der Waals surface area contributed by atoms with E-state index in [1.807, 2.05) is 13.8 Å². The zero-order chi connectivity index (χ0) is 14.4. The fourth-order valence-corrected chi connectivity index (χ4v) is 1.48. The lowest BCUT2D eigenvalue weighted by atomic mass is 10.2. The molecule has 2 amide bonds. The summed E-state index contributed by atoms with van der Waals surface area (Å²) in [6.07, 6.45) is -0.143. The van der Waals surface area contributed by atoms with Crippen LogP contribution in [0.2, 0.25) is 0 Å². The van der Waals surface area contributed by atoms with Crippen LogP contribution in [-0.4, -0.2) is 23.6 Å². The fourth-order valence-electron chi connectivity index (χ4n) is 1.48. The predicted octanol–water partition coefficient (Wildman–Crippen LogP) is 1.74. The number of hydrogen-bond acceptors (Lipinski definition) is 3. The van der Waals surface area contributed by atoms with Gasteiger partial charge >= 0.3 is 0 Å². The summed E-state index contributed by atoms with van der Waals surface area (Å²) < 4.78 is 0. The van der Waals surface area contributed by atoms with E-state index in [0.717, 1.165) is 0 Å². The Balaban J connectivity index is 2.63. The van der Waals surface area contributed by atoms with Crippen molar-refractivity contribution in [3.8, 4) is 0 Å². The molecule has 0 aliphatic carbocycles. The topological polar surface area (TPSA) is 75.3 Å². The third kappa shape index (κ3) is 5.33. The number of anilines is 1. The van der Waals surface area contributed by atoms with Crippen LogP contribution >= 0.6 is 0 Å². The third-order valence-corrected chi connectivity index (χ3v) is 2.26. The highest BCUT2D eigenvalue weighted by Gasteiger charge is 2.08. The number of amides is 2. The summed E-state index contributed by atoms with van der Waals surface area (Å²) in [5.41, 5.74) is 1.09. The second-order valence-electron chi connectivity index (χ2n) is 4.63. The van der Waals surface area contributed by atoms with E-state index >= 15 is 0 Å². The molecule has 1 aromatic rings. The highest BCUT2D eigenvalue weighted by Crippen LogP contribution is 2.10. The molecular formula is C14H18N2O3. The van der Waals surface area contributed by atoms with Crippen LogP contribution in [0.3, 0.4) is 0 Å². The van der Waals surface area contributed by atoms with Crippen LogP contribution in [0, 0.1) is 0 Å². The van der Waals surface area contributed by atoms with E-state index in [1.54, 1.807) is 24.3 Å². The summed E-state index contributed by atoms with van der Waals surface area (Å²) in [6.45, 7) is 5.13. The Labute approximate surface area is 112 Å². The van der Waals surface area contributed by atoms with Crippen LogP contribution in [0.4, 0.5) is 5.69 Å². The molecular weight excluding hydrogens is 244 g/mol. The van der Waals surface area contributed by atoms with Crippen molar-refractivity contribution < 1.29 is 14.4 Å². The number of rotatable bonds is 5. The first kappa shape index (κ1) is 14.9. The van der Waals surface area contributed by atoms with E-state index in [4.69, 9.17) is 0 Å². The smallest absolute Gasteiger partial charge is 0.251 e. The highest BCUT2D eigenvalue weighted by atomic mass is 16.2. The molecule has 0 heterocycles. The molecule has 1 rings (SSSR count). The van der Waals surface area contributed by atoms with Gasteiger partial charge in [0.1, 0.15) is 5.78 Å². The molecule has 102 valence electrons. The number of nitrogens with one attached hydrogen (secondary N) is 2. The molecule has 5 heteroatoms. The van der Waals surface area contributed by atoms with Crippen molar-refractivity contribution in [2.24, 2.45) is 0 Å². The molecule has 0 unspecified atom stereocenters. The summed E-state index contributed by atoms with van der Waals surface area (Å²) in [7, 11) is 0. The van der Waals surface area contributed by atoms with E-state index < -0.39 is 0 Å². The number of carbonyl (C=O) groups is 3. The van der Waals surface area contributed by atoms with Crippen LogP contribution in [0.1, 0.15) is 37.6 Å². The predicted molar refractivity (Wildman–Crippen MR) is 73.0 cm³/mol. The maximum Gasteiger partial charge on any atom is 0.251 e. The van der Waals surface area contributed by atoms with Crippen LogP contribution in [0.25, 0.3) is 0 Å². The van der Waals surface area contributed by atoms with Crippen LogP contribution in [-0.2, 0) is 9.59 Å². The van der Waals surface area contributed by atoms with Gasteiger partial charge in [0.25, 0.3) is 5.91 Å². The van der Waals surface area contributed by atoms with Gasteiger partial charge in [-0.3, -0.25) is 14.4 Å². The summed E-state index contributed by atoms with van der Waals surface area (Å²) in [4.78, 5) is 33.8. The van der Waals surface area contributed by atoms with Gasteiger partial charge in [-0.2, -0.15) is 0 Å². The number of Topliss-reactive ketones (excluding diaryl/α,β-unsaturated/α-hetero) is 1. The number of hydrogen-bond donors (Lipinski definition) is 2. The van der Waals surface area contributed by atoms with Gasteiger partial charge in [-0.1, -0.05) is 0 Å². The first-order valence-corrected chi connectivity index (χ1v) is 6.08. The van der Waals surface area contributed by atoms with Gasteiger partial charge in [-0.15, -0.1) is 0 Å². The minimum atomic E-state index is -0.355. The monoisotopic (exact) mass is 262 g/mol. The average molecular weight is 262 g/mol. The van der Waals surface area contributed by atoms with Crippen molar-refractivity contribution in [2.45, 2.75) is 33.2 Å². The molecule has 0 aliphatic heterocycles. The van der Waals surface area contributed by atoms with Crippen LogP contribution in [0.5, 0.6) is 0 Å². The molecule has 0 atom stereocenters. The molecule has 19 heavy (non-hydrogen) atoms. The molecule has 0 spiro atoms. The zero-order valence-corrected chi connectivity index (χ0v) is 11.3. The Kier molecular flexibility index (Phi) is 5.23. The first-order valence-electron chi connectivity index (χ1n) is 6.08. The van der Waals surface area contributed by atoms with Crippen LogP contribution < -0.4 is 10.6 Å². The third-order valence-electron chi connectivity index (χ3n) is 2.26. The van der Waals surface area contributed by atoms with Gasteiger partial charge in [0.05, 0.1) is 6.42 Å². The Morgan fingerprint density at radius 3 is 2.16 bits per heavy atom. The van der Waals surface area contributed by atoms with E-state index in [2.05, 4.69) is 10.6 Å². The Morgan fingerprint density at radius 1 is 1.11 bits per heavy atom. The molecule has 0 saturated carbocycles. The van der Waals surface area contributed by atoms with E-state index in [-0.39, 0.29) is 30.1 Å². The normalized spacial score (nSPS) is 10.1. The number of ketones is 1. The minimum Gasteiger partial charge on any atom is -0.350 e. The number of carbonyl (C=O) groups excluding carboxylic acids is 3. The zero-order valence-electron chi connectivity index (χ0n) is 11.3. The SMILES string of the molecule is CC(=O)CC(=O)Nc1ccc(C(=O)NC(C)C)cc1. The lowest BCUT2D eigenvalue weighted by molar-refractivity contribution is -0.124. The average Bonchev–Trinajstić information content (AvgIpc) is 2.27. The molecule has 2 N–H and O–H groups in total. The van der Waals surface area contributed by atoms with Crippen molar-refractivity contribution in [2.75, 3.05) is 5.32 Å². The molecule has 0 aliphatic rings. The second-order valence-corrected chi connectivity index (χ2v) is 4.63. The summed E-state index contributed by atoms with van der Waals surface area (Å²) >= 11 is 0. The van der Waals surface area contributed by atoms with Gasteiger partial charge in [0.15, 0.2) is 0 Å². The molecule has 0 aromatic heterocycles. The van der Waals surface area contributed by atoms with Crippen molar-refractivity contribution in [1.29, 1.82) is 0 Å². The van der Waals surface area contributed by atoms with E-state index in [9.17, 15) is 14.4 Å². The lowest BCUT2D eigenvalue weighted by Crippen LogP contribution is -2.30. The Bertz CT molecular complexity index is 478. The van der Waals surface area contributed by atoms with Crippen LogP contribution in [0.15, 0.2) is 24.3 Å². The van der Waals surface area contributed by atoms with Gasteiger partial charge in [0.2, 0.25) is 5.91 Å². The van der Waals surface area contributed by atoms with Gasteiger partial charge in [-0.25, -0.2) is 0 Å². The maximum absolute atomic E-state index is 11.7. The van der Waals surface area contributed by atoms with Crippen molar-refractivity contribution in [3.05, 3.63) is 29.8 Å². The number of benzene rings is 1. The molecule has 0 fully saturated rings. The van der Waals surface area contributed by atoms with Crippen molar-refractivity contribution in [1.82, 2.24) is 5.32 Å². The van der Waals surface area contributed by atoms with E-state index in [0.29, 0.717) is 11.3 Å². The summed E-state index contributed by atoms with van der Waals surface area (Å²) in [5.74, 6) is -0.700. The maximum atomic E-state index is 11.7. The quantitative estimate of drug-likeness (QED) is 0.794. The molecule has 0 radical (unpaired) electrons. The molecule has 1 aromatic carbocycles. The van der Waals surface area contributed by atoms with Gasteiger partial charge in [0, 0.05) is 17.3 Å². The highest BCUT2D eigenvalue weighted by molar-refractivity contribution is 6.03. The van der Waals surface area contributed by atoms with Crippen molar-refractivity contribution >= 4 is 23.3 Å². The Hall–Kier alpha value is -2.17. The molecule has 0 saturated heterocycles. The standard InChI is InChI=1S/C14H18N2O3/c1-9(2)15-14(19)11-4-6-12(7-5-11)16-13(18)8-10(3)17/h4-7,9H,8H2,1-3H3,(H,15,19)(H,16,18). The van der Waals surface area contributed by atoms with Gasteiger partial charge < -0.3 is 10.6 Å². The summed E-state index contributed by atoms with van der Waals surface area (Å²) in [6, 6.07) is 6.59. The molecule has 5 nitrogen and oxygen atoms in total. The molecule has 0 bridgehead atoms. The first-order chi connectivity index (χ1) is 8.88.